The van der Waals surface area contributed by atoms with Crippen LogP contribution in [-0.4, -0.2) is 23.2 Å². The number of aromatic nitrogens is 1. The lowest BCUT2D eigenvalue weighted by Gasteiger charge is -2.02. The van der Waals surface area contributed by atoms with E-state index in [4.69, 9.17) is 9.84 Å². The first-order valence-electron chi connectivity index (χ1n) is 3.53. The number of carbonyl (C=O) groups is 1. The van der Waals surface area contributed by atoms with Gasteiger partial charge in [0.15, 0.2) is 0 Å². The van der Waals surface area contributed by atoms with E-state index in [1.165, 1.54) is 13.2 Å². The fourth-order valence-electron chi connectivity index (χ4n) is 0.868. The van der Waals surface area contributed by atoms with Gasteiger partial charge in [-0.05, 0) is 0 Å². The van der Waals surface area contributed by atoms with Crippen LogP contribution < -0.4 is 4.74 Å². The number of halogens is 1. The van der Waals surface area contributed by atoms with E-state index < -0.39 is 11.8 Å². The van der Waals surface area contributed by atoms with E-state index in [1.807, 2.05) is 0 Å². The number of carboxylic acids is 1. The molecule has 4 nitrogen and oxygen atoms in total. The largest absolute Gasteiger partial charge is 0.481 e. The normalized spacial score (nSPS) is 9.69. The second-order valence-electron chi connectivity index (χ2n) is 2.39. The molecule has 0 aliphatic heterocycles. The maximum atomic E-state index is 12.9. The molecule has 1 N–H and O–H groups in total. The van der Waals surface area contributed by atoms with Gasteiger partial charge in [0.25, 0.3) is 0 Å². The van der Waals surface area contributed by atoms with Crippen LogP contribution in [-0.2, 0) is 11.2 Å². The molecule has 1 aromatic rings. The minimum absolute atomic E-state index is 0.0688. The van der Waals surface area contributed by atoms with Crippen LogP contribution in [0.15, 0.2) is 12.3 Å². The summed E-state index contributed by atoms with van der Waals surface area (Å²) in [4.78, 5) is 13.9. The lowest BCUT2D eigenvalue weighted by atomic mass is 10.2. The minimum atomic E-state index is -1.09. The number of nitrogens with zero attached hydrogens (tertiary/aromatic N) is 1. The van der Waals surface area contributed by atoms with E-state index in [-0.39, 0.29) is 17.9 Å². The Labute approximate surface area is 74.0 Å². The van der Waals surface area contributed by atoms with Crippen molar-refractivity contribution in [3.05, 3.63) is 23.6 Å². The third-order valence-corrected chi connectivity index (χ3v) is 1.46. The fourth-order valence-corrected chi connectivity index (χ4v) is 0.868. The van der Waals surface area contributed by atoms with Crippen molar-refractivity contribution in [2.45, 2.75) is 6.42 Å². The number of hydrogen-bond acceptors (Lipinski definition) is 3. The highest BCUT2D eigenvalue weighted by Gasteiger charge is 2.08. The quantitative estimate of drug-likeness (QED) is 0.758. The number of methoxy groups -OCH3 is 1. The maximum absolute atomic E-state index is 12.9. The Morgan fingerprint density at radius 2 is 2.46 bits per heavy atom. The van der Waals surface area contributed by atoms with Gasteiger partial charge in [-0.25, -0.2) is 9.37 Å². The summed E-state index contributed by atoms with van der Waals surface area (Å²) in [7, 11) is 1.38. The topological polar surface area (TPSA) is 59.4 Å². The van der Waals surface area contributed by atoms with Gasteiger partial charge in [-0.1, -0.05) is 0 Å². The SMILES string of the molecule is COc1cc(CC(=O)O)c(F)cn1. The van der Waals surface area contributed by atoms with Gasteiger partial charge < -0.3 is 9.84 Å². The Kier molecular flexibility index (Phi) is 2.79. The van der Waals surface area contributed by atoms with E-state index in [9.17, 15) is 9.18 Å². The lowest BCUT2D eigenvalue weighted by Crippen LogP contribution is -2.03. The molecule has 5 heteroatoms. The average molecular weight is 185 g/mol. The van der Waals surface area contributed by atoms with Crippen LogP contribution in [0.3, 0.4) is 0 Å². The lowest BCUT2D eigenvalue weighted by molar-refractivity contribution is -0.136. The first kappa shape index (κ1) is 9.44. The Balaban J connectivity index is 2.96. The van der Waals surface area contributed by atoms with Crippen LogP contribution in [0.1, 0.15) is 5.56 Å². The predicted molar refractivity (Wildman–Crippen MR) is 42.1 cm³/mol. The summed E-state index contributed by atoms with van der Waals surface area (Å²) in [5, 5.41) is 8.43. The van der Waals surface area contributed by atoms with Gasteiger partial charge >= 0.3 is 5.97 Å². The zero-order valence-corrected chi connectivity index (χ0v) is 6.95. The summed E-state index contributed by atoms with van der Waals surface area (Å²) in [6.07, 6.45) is 0.571. The monoisotopic (exact) mass is 185 g/mol. The standard InChI is InChI=1S/C8H8FNO3/c1-13-7-2-5(3-8(11)12)6(9)4-10-7/h2,4H,3H2,1H3,(H,11,12). The number of aliphatic carboxylic acids is 1. The van der Waals surface area contributed by atoms with Crippen molar-refractivity contribution in [1.82, 2.24) is 4.98 Å². The van der Waals surface area contributed by atoms with Crippen molar-refractivity contribution in [2.75, 3.05) is 7.11 Å². The Morgan fingerprint density at radius 1 is 1.77 bits per heavy atom. The first-order valence-corrected chi connectivity index (χ1v) is 3.53. The molecule has 1 rings (SSSR count). The molecule has 1 aromatic heterocycles. The molecule has 0 aliphatic rings. The highest BCUT2D eigenvalue weighted by molar-refractivity contribution is 5.70. The predicted octanol–water partition coefficient (Wildman–Crippen LogP) is 0.856. The zero-order valence-electron chi connectivity index (χ0n) is 6.95. The molecule has 0 aromatic carbocycles. The maximum Gasteiger partial charge on any atom is 0.307 e. The molecular weight excluding hydrogens is 177 g/mol. The fraction of sp³-hybridized carbons (Fsp3) is 0.250. The number of carboxylic acid groups (broad SMARTS) is 1. The molecule has 1 heterocycles. The van der Waals surface area contributed by atoms with E-state index in [0.717, 1.165) is 6.20 Å². The van der Waals surface area contributed by atoms with E-state index in [0.29, 0.717) is 0 Å². The number of ether oxygens (including phenoxy) is 1. The van der Waals surface area contributed by atoms with Crippen molar-refractivity contribution < 1.29 is 19.0 Å². The summed E-state index contributed by atoms with van der Waals surface area (Å²) in [6, 6.07) is 1.27. The molecule has 0 amide bonds. The molecule has 0 atom stereocenters. The van der Waals surface area contributed by atoms with Gasteiger partial charge in [0, 0.05) is 11.6 Å². The van der Waals surface area contributed by atoms with Gasteiger partial charge in [0.1, 0.15) is 5.82 Å². The summed E-state index contributed by atoms with van der Waals surface area (Å²) < 4.78 is 17.6. The number of pyridine rings is 1. The zero-order chi connectivity index (χ0) is 9.84. The van der Waals surface area contributed by atoms with Crippen molar-refractivity contribution in [2.24, 2.45) is 0 Å². The van der Waals surface area contributed by atoms with Crippen LogP contribution in [0.25, 0.3) is 0 Å². The molecule has 0 saturated carbocycles. The van der Waals surface area contributed by atoms with Crippen LogP contribution >= 0.6 is 0 Å². The second kappa shape index (κ2) is 3.84. The first-order chi connectivity index (χ1) is 6.13. The molecule has 0 aliphatic carbocycles. The smallest absolute Gasteiger partial charge is 0.307 e. The van der Waals surface area contributed by atoms with Crippen molar-refractivity contribution in [3.8, 4) is 5.88 Å². The van der Waals surface area contributed by atoms with E-state index >= 15 is 0 Å². The molecule has 0 saturated heterocycles. The molecule has 0 radical (unpaired) electrons. The second-order valence-corrected chi connectivity index (χ2v) is 2.39. The third kappa shape index (κ3) is 2.40. The molecule has 0 unspecified atom stereocenters. The van der Waals surface area contributed by atoms with Gasteiger partial charge in [-0.15, -0.1) is 0 Å². The number of hydrogen-bond donors (Lipinski definition) is 1. The molecular formula is C8H8FNO3. The summed E-state index contributed by atoms with van der Waals surface area (Å²) in [5.41, 5.74) is 0.0688. The van der Waals surface area contributed by atoms with Crippen LogP contribution in [0, 0.1) is 5.82 Å². The minimum Gasteiger partial charge on any atom is -0.481 e. The highest BCUT2D eigenvalue weighted by Crippen LogP contribution is 2.13. The molecule has 70 valence electrons. The van der Waals surface area contributed by atoms with Crippen LogP contribution in [0.2, 0.25) is 0 Å². The average Bonchev–Trinajstić information content (AvgIpc) is 2.08. The molecule has 0 bridgehead atoms. The van der Waals surface area contributed by atoms with Crippen molar-refractivity contribution in [3.63, 3.8) is 0 Å². The van der Waals surface area contributed by atoms with Crippen LogP contribution in [0.5, 0.6) is 5.88 Å². The van der Waals surface area contributed by atoms with Gasteiger partial charge in [0.2, 0.25) is 5.88 Å². The van der Waals surface area contributed by atoms with Gasteiger partial charge in [0.05, 0.1) is 19.7 Å². The van der Waals surface area contributed by atoms with Crippen molar-refractivity contribution in [1.29, 1.82) is 0 Å². The third-order valence-electron chi connectivity index (χ3n) is 1.46. The van der Waals surface area contributed by atoms with E-state index in [1.54, 1.807) is 0 Å². The molecule has 0 spiro atoms. The Hall–Kier alpha value is -1.65. The van der Waals surface area contributed by atoms with Gasteiger partial charge in [-0.3, -0.25) is 4.79 Å². The van der Waals surface area contributed by atoms with E-state index in [2.05, 4.69) is 4.98 Å². The van der Waals surface area contributed by atoms with Crippen molar-refractivity contribution >= 4 is 5.97 Å². The summed E-state index contributed by atoms with van der Waals surface area (Å²) in [5.74, 6) is -1.52. The van der Waals surface area contributed by atoms with Gasteiger partial charge in [-0.2, -0.15) is 0 Å². The highest BCUT2D eigenvalue weighted by atomic mass is 19.1. The Bertz CT molecular complexity index is 327. The molecule has 0 fully saturated rings. The Morgan fingerprint density at radius 3 is 3.00 bits per heavy atom. The van der Waals surface area contributed by atoms with Crippen LogP contribution in [0.4, 0.5) is 4.39 Å². The molecule has 13 heavy (non-hydrogen) atoms. The number of rotatable bonds is 3. The summed E-state index contributed by atoms with van der Waals surface area (Å²) in [6.45, 7) is 0. The summed E-state index contributed by atoms with van der Waals surface area (Å²) >= 11 is 0.